The first-order valence-electron chi connectivity index (χ1n) is 7.68. The van der Waals surface area contributed by atoms with Crippen molar-refractivity contribution in [3.8, 4) is 16.5 Å². The molecule has 0 unspecified atom stereocenters. The van der Waals surface area contributed by atoms with Crippen LogP contribution < -0.4 is 4.74 Å². The van der Waals surface area contributed by atoms with Gasteiger partial charge in [0, 0.05) is 34.7 Å². The van der Waals surface area contributed by atoms with E-state index in [9.17, 15) is 4.79 Å². The molecular weight excluding hydrogens is 407 g/mol. The van der Waals surface area contributed by atoms with Crippen LogP contribution in [0.5, 0.6) is 5.75 Å². The summed E-state index contributed by atoms with van der Waals surface area (Å²) < 4.78 is 5.32. The van der Waals surface area contributed by atoms with Crippen molar-refractivity contribution in [3.05, 3.63) is 63.5 Å². The average Bonchev–Trinajstić information content (AvgIpc) is 3.21. The van der Waals surface area contributed by atoms with Crippen molar-refractivity contribution in [2.24, 2.45) is 0 Å². The van der Waals surface area contributed by atoms with Gasteiger partial charge in [0.15, 0.2) is 0 Å². The lowest BCUT2D eigenvalue weighted by Crippen LogP contribution is -2.09. The van der Waals surface area contributed by atoms with Crippen molar-refractivity contribution in [1.82, 2.24) is 20.2 Å². The summed E-state index contributed by atoms with van der Waals surface area (Å²) in [7, 11) is 1.57. The van der Waals surface area contributed by atoms with Crippen LogP contribution >= 0.6 is 34.5 Å². The van der Waals surface area contributed by atoms with E-state index in [0.29, 0.717) is 27.2 Å². The molecule has 4 aromatic rings. The van der Waals surface area contributed by atoms with Crippen molar-refractivity contribution >= 4 is 51.1 Å². The summed E-state index contributed by atoms with van der Waals surface area (Å²) in [5.74, 6) is 0.201. The Hall–Kier alpha value is -2.61. The molecule has 3 aromatic heterocycles. The number of carbonyl (C=O) groups is 1. The lowest BCUT2D eigenvalue weighted by molar-refractivity contribution is 0.103. The van der Waals surface area contributed by atoms with Crippen LogP contribution in [0.25, 0.3) is 21.5 Å². The minimum atomic E-state index is -0.430. The van der Waals surface area contributed by atoms with Crippen molar-refractivity contribution in [3.63, 3.8) is 0 Å². The largest absolute Gasteiger partial charge is 0.497 e. The first kappa shape index (κ1) is 17.8. The Morgan fingerprint density at radius 2 is 1.89 bits per heavy atom. The highest BCUT2D eigenvalue weighted by atomic mass is 35.5. The Balaban J connectivity index is 1.98. The van der Waals surface area contributed by atoms with Gasteiger partial charge in [0.1, 0.15) is 22.1 Å². The van der Waals surface area contributed by atoms with E-state index in [2.05, 4.69) is 20.2 Å². The second-order valence-corrected chi connectivity index (χ2v) is 7.16. The molecule has 0 aliphatic carbocycles. The third-order valence-electron chi connectivity index (χ3n) is 3.92. The lowest BCUT2D eigenvalue weighted by Gasteiger charge is -2.10. The van der Waals surface area contributed by atoms with E-state index in [1.807, 2.05) is 5.38 Å². The molecule has 1 aromatic carbocycles. The zero-order valence-corrected chi connectivity index (χ0v) is 16.1. The Kier molecular flexibility index (Phi) is 4.73. The highest BCUT2D eigenvalue weighted by Crippen LogP contribution is 2.33. The van der Waals surface area contributed by atoms with E-state index in [-0.39, 0.29) is 21.3 Å². The number of benzene rings is 1. The van der Waals surface area contributed by atoms with Gasteiger partial charge in [0.05, 0.1) is 22.7 Å². The third kappa shape index (κ3) is 3.14. The van der Waals surface area contributed by atoms with Crippen LogP contribution in [0.1, 0.15) is 16.1 Å². The van der Waals surface area contributed by atoms with Crippen molar-refractivity contribution < 1.29 is 9.53 Å². The van der Waals surface area contributed by atoms with E-state index in [0.717, 1.165) is 0 Å². The smallest absolute Gasteiger partial charge is 0.217 e. The van der Waals surface area contributed by atoms with Gasteiger partial charge in [0.25, 0.3) is 0 Å². The van der Waals surface area contributed by atoms with Crippen molar-refractivity contribution in [1.29, 1.82) is 0 Å². The second kappa shape index (κ2) is 7.19. The topological polar surface area (TPSA) is 77.9 Å². The quantitative estimate of drug-likeness (QED) is 0.448. The Labute approximate surface area is 167 Å². The minimum absolute atomic E-state index is 0.141. The number of hydrogen-bond donors (Lipinski definition) is 0. The second-order valence-electron chi connectivity index (χ2n) is 5.45. The fourth-order valence-corrected chi connectivity index (χ4v) is 3.84. The van der Waals surface area contributed by atoms with Crippen LogP contribution in [-0.2, 0) is 0 Å². The number of rotatable bonds is 4. The highest BCUT2D eigenvalue weighted by Gasteiger charge is 2.23. The molecule has 0 spiro atoms. The normalized spacial score (nSPS) is 10.9. The number of halogens is 2. The molecule has 4 rings (SSSR count). The predicted molar refractivity (Wildman–Crippen MR) is 105 cm³/mol. The number of pyridine rings is 1. The van der Waals surface area contributed by atoms with Crippen LogP contribution in [0, 0.1) is 0 Å². The number of carbonyl (C=O) groups excluding carboxylic acids is 1. The molecule has 0 saturated carbocycles. The molecule has 0 N–H and O–H groups in total. The summed E-state index contributed by atoms with van der Waals surface area (Å²) in [5, 5.41) is 12.6. The number of ketones is 1. The molecule has 6 nitrogen and oxygen atoms in total. The maximum atomic E-state index is 13.1. The number of hydrogen-bond acceptors (Lipinski definition) is 7. The summed E-state index contributed by atoms with van der Waals surface area (Å²) in [5.41, 5.74) is 0.854. The van der Waals surface area contributed by atoms with Gasteiger partial charge in [-0.3, -0.25) is 9.78 Å². The molecule has 0 saturated heterocycles. The molecule has 0 bridgehead atoms. The summed E-state index contributed by atoms with van der Waals surface area (Å²) in [4.78, 5) is 21.3. The maximum Gasteiger partial charge on any atom is 0.217 e. The van der Waals surface area contributed by atoms with Crippen LogP contribution in [-0.4, -0.2) is 33.1 Å². The van der Waals surface area contributed by atoms with Gasteiger partial charge in [-0.2, -0.15) is 0 Å². The van der Waals surface area contributed by atoms with Crippen LogP contribution in [0.2, 0.25) is 10.0 Å². The molecule has 0 aliphatic rings. The monoisotopic (exact) mass is 416 g/mol. The van der Waals surface area contributed by atoms with Crippen molar-refractivity contribution in [2.75, 3.05) is 7.11 Å². The number of aromatic nitrogens is 4. The molecule has 3 heterocycles. The van der Waals surface area contributed by atoms with Gasteiger partial charge in [-0.1, -0.05) is 23.2 Å². The fourth-order valence-electron chi connectivity index (χ4n) is 2.67. The molecule has 0 atom stereocenters. The number of methoxy groups -OCH3 is 1. The standard InChI is InChI=1S/C18H10Cl2N4O2S/c1-26-9-2-3-10-11(6-9)16(18-22-4-5-27-18)24-23-15(10)17(25)14-12(19)7-21-8-13(14)20/h2-8H,1H3. The van der Waals surface area contributed by atoms with Gasteiger partial charge in [-0.15, -0.1) is 21.5 Å². The third-order valence-corrected chi connectivity index (χ3v) is 5.27. The fraction of sp³-hybridized carbons (Fsp3) is 0.0556. The number of thiazole rings is 1. The van der Waals surface area contributed by atoms with E-state index >= 15 is 0 Å². The van der Waals surface area contributed by atoms with Gasteiger partial charge in [0.2, 0.25) is 5.78 Å². The minimum Gasteiger partial charge on any atom is -0.497 e. The number of fused-ring (bicyclic) bond motifs is 1. The molecule has 0 radical (unpaired) electrons. The van der Waals surface area contributed by atoms with Gasteiger partial charge in [-0.25, -0.2) is 4.98 Å². The number of ether oxygens (including phenoxy) is 1. The van der Waals surface area contributed by atoms with E-state index in [4.69, 9.17) is 27.9 Å². The lowest BCUT2D eigenvalue weighted by atomic mass is 10.0. The molecule has 0 aliphatic heterocycles. The Morgan fingerprint density at radius 1 is 1.11 bits per heavy atom. The average molecular weight is 417 g/mol. The Morgan fingerprint density at radius 3 is 2.56 bits per heavy atom. The summed E-state index contributed by atoms with van der Waals surface area (Å²) in [6.45, 7) is 0. The van der Waals surface area contributed by atoms with Crippen molar-refractivity contribution in [2.45, 2.75) is 0 Å². The maximum absolute atomic E-state index is 13.1. The zero-order valence-electron chi connectivity index (χ0n) is 13.8. The highest BCUT2D eigenvalue weighted by molar-refractivity contribution is 7.13. The summed E-state index contributed by atoms with van der Waals surface area (Å²) in [6.07, 6.45) is 4.41. The molecule has 134 valence electrons. The molecule has 0 amide bonds. The Bertz CT molecular complexity index is 1150. The van der Waals surface area contributed by atoms with E-state index in [1.165, 1.54) is 23.7 Å². The molecular formula is C18H10Cl2N4O2S. The van der Waals surface area contributed by atoms with Crippen LogP contribution in [0.15, 0.2) is 42.2 Å². The first-order valence-corrected chi connectivity index (χ1v) is 9.31. The molecule has 27 heavy (non-hydrogen) atoms. The van der Waals surface area contributed by atoms with E-state index < -0.39 is 5.78 Å². The van der Waals surface area contributed by atoms with Crippen LogP contribution in [0.3, 0.4) is 0 Å². The predicted octanol–water partition coefficient (Wildman–Crippen LogP) is 4.69. The molecule has 0 fully saturated rings. The zero-order chi connectivity index (χ0) is 19.0. The van der Waals surface area contributed by atoms with Gasteiger partial charge < -0.3 is 4.74 Å². The molecule has 9 heteroatoms. The van der Waals surface area contributed by atoms with Crippen LogP contribution in [0.4, 0.5) is 0 Å². The SMILES string of the molecule is COc1ccc2c(C(=O)c3c(Cl)cncc3Cl)nnc(-c3nccs3)c2c1. The van der Waals surface area contributed by atoms with Gasteiger partial charge in [-0.05, 0) is 18.2 Å². The summed E-state index contributed by atoms with van der Waals surface area (Å²) in [6, 6.07) is 5.31. The first-order chi connectivity index (χ1) is 13.1. The number of nitrogens with zero attached hydrogens (tertiary/aromatic N) is 4. The van der Waals surface area contributed by atoms with Gasteiger partial charge >= 0.3 is 0 Å². The van der Waals surface area contributed by atoms with E-state index in [1.54, 1.807) is 31.5 Å². The summed E-state index contributed by atoms with van der Waals surface area (Å²) >= 11 is 13.7.